The van der Waals surface area contributed by atoms with Crippen molar-refractivity contribution in [2.45, 2.75) is 238 Å². The molecule has 0 aliphatic carbocycles. The summed E-state index contributed by atoms with van der Waals surface area (Å²) in [5, 5.41) is 13.2. The van der Waals surface area contributed by atoms with Crippen LogP contribution in [0.15, 0.2) is 24.3 Å². The van der Waals surface area contributed by atoms with E-state index in [1.54, 1.807) is 0 Å². The van der Waals surface area contributed by atoms with Crippen LogP contribution in [0.5, 0.6) is 0 Å². The van der Waals surface area contributed by atoms with Gasteiger partial charge in [-0.2, -0.15) is 8.42 Å². The number of allylic oxidation sites excluding steroid dienone is 3. The van der Waals surface area contributed by atoms with Crippen molar-refractivity contribution in [1.82, 2.24) is 5.32 Å². The number of hydrogen-bond acceptors (Lipinski definition) is 4. The highest BCUT2D eigenvalue weighted by Crippen LogP contribution is 2.16. The van der Waals surface area contributed by atoms with Crippen LogP contribution >= 0.6 is 0 Å². The molecule has 296 valence electrons. The molecule has 50 heavy (non-hydrogen) atoms. The van der Waals surface area contributed by atoms with Gasteiger partial charge in [-0.3, -0.25) is 9.35 Å². The monoisotopic (exact) mass is 726 g/mol. The number of aliphatic hydroxyl groups is 1. The van der Waals surface area contributed by atoms with Gasteiger partial charge >= 0.3 is 0 Å². The average Bonchev–Trinajstić information content (AvgIpc) is 3.08. The molecule has 0 aromatic carbocycles. The van der Waals surface area contributed by atoms with Gasteiger partial charge in [0.05, 0.1) is 17.9 Å². The summed E-state index contributed by atoms with van der Waals surface area (Å²) in [7, 11) is -4.35. The first-order chi connectivity index (χ1) is 24.3. The summed E-state index contributed by atoms with van der Waals surface area (Å²) in [6, 6.07) is -1.07. The van der Waals surface area contributed by atoms with Gasteiger partial charge in [0.25, 0.3) is 10.1 Å². The molecule has 0 spiro atoms. The highest BCUT2D eigenvalue weighted by atomic mass is 32.2. The molecule has 0 aliphatic heterocycles. The van der Waals surface area contributed by atoms with Gasteiger partial charge in [0.2, 0.25) is 5.91 Å². The third-order valence-corrected chi connectivity index (χ3v) is 10.7. The fourth-order valence-electron chi connectivity index (χ4n) is 6.64. The van der Waals surface area contributed by atoms with Crippen LogP contribution in [0.2, 0.25) is 0 Å². The first kappa shape index (κ1) is 48.8. The molecule has 0 rings (SSSR count). The minimum absolute atomic E-state index is 0.285. The van der Waals surface area contributed by atoms with Gasteiger partial charge in [0, 0.05) is 6.42 Å². The van der Waals surface area contributed by atoms with Gasteiger partial charge in [-0.15, -0.1) is 0 Å². The number of rotatable bonds is 39. The Morgan fingerprint density at radius 3 is 1.26 bits per heavy atom. The van der Waals surface area contributed by atoms with E-state index in [9.17, 15) is 22.9 Å². The van der Waals surface area contributed by atoms with Crippen LogP contribution in [0.3, 0.4) is 0 Å². The number of hydrogen-bond donors (Lipinski definition) is 3. The maximum Gasteiger partial charge on any atom is 0.267 e. The molecule has 3 N–H and O–H groups in total. The Bertz CT molecular complexity index is 888. The van der Waals surface area contributed by atoms with Crippen molar-refractivity contribution in [2.75, 3.05) is 5.75 Å². The quantitative estimate of drug-likeness (QED) is 0.0332. The van der Waals surface area contributed by atoms with Crippen molar-refractivity contribution in [2.24, 2.45) is 0 Å². The van der Waals surface area contributed by atoms with Crippen LogP contribution in [-0.2, 0) is 14.9 Å². The van der Waals surface area contributed by atoms with E-state index in [1.807, 2.05) is 6.08 Å². The largest absolute Gasteiger partial charge is 0.387 e. The van der Waals surface area contributed by atoms with Crippen molar-refractivity contribution >= 4 is 16.0 Å². The summed E-state index contributed by atoms with van der Waals surface area (Å²) in [4.78, 5) is 12.5. The Hall–Kier alpha value is -1.18. The SMILES string of the molecule is CCCCCCCCC/C=C/CC/C=C/C(O)C(CS(=O)(=O)O)NC(=O)CCCCCCCCCCCCCCCCCCCCCCCC. The standard InChI is InChI=1S/C43H83NO5S/c1-3-5-7-9-11-13-15-17-18-19-20-21-22-23-24-25-27-29-31-33-35-37-39-43(46)44-41(40-50(47,48)49)42(45)38-36-34-32-30-28-26-16-14-12-10-8-6-4-2/h28,30,36,38,41-42,45H,3-27,29,31-35,37,39-40H2,1-2H3,(H,44,46)(H,47,48,49)/b30-28+,38-36+. The summed E-state index contributed by atoms with van der Waals surface area (Å²) in [6.45, 7) is 4.52. The van der Waals surface area contributed by atoms with Crippen molar-refractivity contribution in [3.63, 3.8) is 0 Å². The van der Waals surface area contributed by atoms with Crippen molar-refractivity contribution in [3.8, 4) is 0 Å². The molecule has 0 bridgehead atoms. The lowest BCUT2D eigenvalue weighted by Gasteiger charge is -2.21. The van der Waals surface area contributed by atoms with Gasteiger partial charge in [0.15, 0.2) is 0 Å². The van der Waals surface area contributed by atoms with Crippen LogP contribution in [0.25, 0.3) is 0 Å². The van der Waals surface area contributed by atoms with Gasteiger partial charge in [-0.25, -0.2) is 0 Å². The molecule has 0 saturated heterocycles. The van der Waals surface area contributed by atoms with E-state index in [4.69, 9.17) is 0 Å². The lowest BCUT2D eigenvalue weighted by Crippen LogP contribution is -2.46. The second-order valence-corrected chi connectivity index (χ2v) is 16.5. The van der Waals surface area contributed by atoms with E-state index in [0.29, 0.717) is 6.42 Å². The molecular formula is C43H83NO5S. The van der Waals surface area contributed by atoms with Gasteiger partial charge in [-0.1, -0.05) is 212 Å². The molecule has 2 atom stereocenters. The van der Waals surface area contributed by atoms with E-state index in [-0.39, 0.29) is 5.91 Å². The number of unbranched alkanes of at least 4 members (excludes halogenated alkanes) is 29. The van der Waals surface area contributed by atoms with Crippen LogP contribution in [0, 0.1) is 0 Å². The molecule has 0 radical (unpaired) electrons. The Morgan fingerprint density at radius 1 is 0.520 bits per heavy atom. The van der Waals surface area contributed by atoms with Crippen molar-refractivity contribution in [1.29, 1.82) is 0 Å². The van der Waals surface area contributed by atoms with Gasteiger partial charge in [0.1, 0.15) is 0 Å². The van der Waals surface area contributed by atoms with E-state index in [1.165, 1.54) is 173 Å². The topological polar surface area (TPSA) is 104 Å². The number of carbonyl (C=O) groups is 1. The predicted molar refractivity (Wildman–Crippen MR) is 216 cm³/mol. The fraction of sp³-hybridized carbons (Fsp3) is 0.884. The average molecular weight is 726 g/mol. The maximum atomic E-state index is 12.5. The van der Waals surface area contributed by atoms with Gasteiger partial charge < -0.3 is 10.4 Å². The predicted octanol–water partition coefficient (Wildman–Crippen LogP) is 12.7. The zero-order chi connectivity index (χ0) is 36.8. The highest BCUT2D eigenvalue weighted by molar-refractivity contribution is 7.85. The number of aliphatic hydroxyl groups excluding tert-OH is 1. The van der Waals surface area contributed by atoms with Crippen LogP contribution < -0.4 is 5.32 Å². The van der Waals surface area contributed by atoms with Crippen molar-refractivity contribution in [3.05, 3.63) is 24.3 Å². The molecule has 7 heteroatoms. The third kappa shape index (κ3) is 38.1. The molecule has 0 fully saturated rings. The van der Waals surface area contributed by atoms with Crippen LogP contribution in [0.1, 0.15) is 226 Å². The van der Waals surface area contributed by atoms with E-state index in [0.717, 1.165) is 38.5 Å². The summed E-state index contributed by atoms with van der Waals surface area (Å²) >= 11 is 0. The Labute approximate surface area is 311 Å². The molecule has 0 aromatic rings. The molecule has 0 saturated carbocycles. The smallest absolute Gasteiger partial charge is 0.267 e. The normalized spacial score (nSPS) is 13.4. The molecule has 2 unspecified atom stereocenters. The lowest BCUT2D eigenvalue weighted by atomic mass is 10.0. The lowest BCUT2D eigenvalue weighted by molar-refractivity contribution is -0.122. The zero-order valence-corrected chi connectivity index (χ0v) is 33.8. The molecule has 1 amide bonds. The number of amides is 1. The molecule has 0 aromatic heterocycles. The highest BCUT2D eigenvalue weighted by Gasteiger charge is 2.24. The van der Waals surface area contributed by atoms with Crippen LogP contribution in [0.4, 0.5) is 0 Å². The molecule has 0 aliphatic rings. The molecule has 0 heterocycles. The number of nitrogens with one attached hydrogen (secondary N) is 1. The Kier molecular flexibility index (Phi) is 36.7. The Morgan fingerprint density at radius 2 is 0.860 bits per heavy atom. The van der Waals surface area contributed by atoms with Gasteiger partial charge in [-0.05, 0) is 32.1 Å². The summed E-state index contributed by atoms with van der Waals surface area (Å²) < 4.78 is 32.4. The first-order valence-corrected chi connectivity index (χ1v) is 23.1. The summed E-state index contributed by atoms with van der Waals surface area (Å²) in [6.07, 6.45) is 47.5. The van der Waals surface area contributed by atoms with Crippen molar-refractivity contribution < 1.29 is 22.9 Å². The second kappa shape index (κ2) is 37.6. The zero-order valence-electron chi connectivity index (χ0n) is 33.0. The maximum absolute atomic E-state index is 12.5. The second-order valence-electron chi connectivity index (χ2n) is 15.0. The minimum Gasteiger partial charge on any atom is -0.387 e. The molecule has 6 nitrogen and oxygen atoms in total. The summed E-state index contributed by atoms with van der Waals surface area (Å²) in [5.41, 5.74) is 0. The first-order valence-electron chi connectivity index (χ1n) is 21.5. The Balaban J connectivity index is 3.83. The fourth-order valence-corrected chi connectivity index (χ4v) is 7.38. The molecular weight excluding hydrogens is 643 g/mol. The van der Waals surface area contributed by atoms with E-state index >= 15 is 0 Å². The number of carbonyl (C=O) groups excluding carboxylic acids is 1. The minimum atomic E-state index is -4.35. The van der Waals surface area contributed by atoms with E-state index in [2.05, 4.69) is 31.3 Å². The third-order valence-electron chi connectivity index (χ3n) is 9.88. The van der Waals surface area contributed by atoms with E-state index < -0.39 is 28.0 Å². The van der Waals surface area contributed by atoms with Crippen LogP contribution in [-0.4, -0.2) is 41.9 Å². The summed E-state index contributed by atoms with van der Waals surface area (Å²) in [5.74, 6) is -0.991.